The van der Waals surface area contributed by atoms with Crippen LogP contribution < -0.4 is 0 Å². The molecule has 0 radical (unpaired) electrons. The summed E-state index contributed by atoms with van der Waals surface area (Å²) >= 11 is 0. The maximum Gasteiger partial charge on any atom is 0.143 e. The summed E-state index contributed by atoms with van der Waals surface area (Å²) in [6, 6.07) is 31.6. The minimum absolute atomic E-state index is 0.188. The highest BCUT2D eigenvalue weighted by Gasteiger charge is 2.43. The van der Waals surface area contributed by atoms with Crippen LogP contribution in [-0.2, 0) is 15.1 Å². The van der Waals surface area contributed by atoms with Gasteiger partial charge in [0.2, 0.25) is 0 Å². The summed E-state index contributed by atoms with van der Waals surface area (Å²) in [5, 5.41) is 0. The highest BCUT2D eigenvalue weighted by Crippen LogP contribution is 2.42. The van der Waals surface area contributed by atoms with E-state index in [9.17, 15) is 0 Å². The Balaban J connectivity index is 1.61. The number of benzene rings is 3. The zero-order chi connectivity index (χ0) is 20.8. The van der Waals surface area contributed by atoms with Crippen molar-refractivity contribution in [2.24, 2.45) is 5.92 Å². The first kappa shape index (κ1) is 20.8. The molecule has 30 heavy (non-hydrogen) atoms. The lowest BCUT2D eigenvalue weighted by Gasteiger charge is -2.35. The minimum Gasteiger partial charge on any atom is -0.367 e. The van der Waals surface area contributed by atoms with E-state index in [1.54, 1.807) is 0 Å². The molecule has 0 unspecified atom stereocenters. The Morgan fingerprint density at radius 3 is 1.63 bits per heavy atom. The van der Waals surface area contributed by atoms with E-state index in [4.69, 9.17) is 9.47 Å². The molecule has 1 aliphatic heterocycles. The maximum atomic E-state index is 6.84. The van der Waals surface area contributed by atoms with Gasteiger partial charge in [0, 0.05) is 0 Å². The number of hydrogen-bond donors (Lipinski definition) is 0. The highest BCUT2D eigenvalue weighted by atomic mass is 16.6. The first-order chi connectivity index (χ1) is 14.7. The van der Waals surface area contributed by atoms with Gasteiger partial charge in [0.05, 0.1) is 12.7 Å². The Kier molecular flexibility index (Phi) is 6.66. The van der Waals surface area contributed by atoms with Crippen molar-refractivity contribution in [1.82, 2.24) is 0 Å². The van der Waals surface area contributed by atoms with Gasteiger partial charge in [0.1, 0.15) is 11.7 Å². The molecule has 0 N–H and O–H groups in total. The van der Waals surface area contributed by atoms with E-state index in [1.165, 1.54) is 12.8 Å². The van der Waals surface area contributed by atoms with Gasteiger partial charge in [-0.1, -0.05) is 118 Å². The second-order valence-electron chi connectivity index (χ2n) is 8.63. The monoisotopic (exact) mass is 400 g/mol. The van der Waals surface area contributed by atoms with Crippen molar-refractivity contribution in [3.63, 3.8) is 0 Å². The molecule has 1 fully saturated rings. The predicted octanol–water partition coefficient (Wildman–Crippen LogP) is 6.59. The summed E-state index contributed by atoms with van der Waals surface area (Å²) in [6.07, 6.45) is 4.13. The van der Waals surface area contributed by atoms with Gasteiger partial charge in [-0.25, -0.2) is 0 Å². The Bertz CT molecular complexity index is 793. The molecule has 2 nitrogen and oxygen atoms in total. The van der Waals surface area contributed by atoms with E-state index in [1.807, 2.05) is 0 Å². The molecule has 1 aliphatic rings. The summed E-state index contributed by atoms with van der Waals surface area (Å²) in [7, 11) is 0. The average Bonchev–Trinajstić information content (AvgIpc) is 3.54. The third-order valence-corrected chi connectivity index (χ3v) is 5.96. The fourth-order valence-electron chi connectivity index (χ4n) is 4.28. The lowest BCUT2D eigenvalue weighted by atomic mass is 9.80. The van der Waals surface area contributed by atoms with Gasteiger partial charge in [-0.05, 0) is 29.0 Å². The Labute approximate surface area is 180 Å². The molecule has 0 aromatic heterocycles. The predicted molar refractivity (Wildman–Crippen MR) is 123 cm³/mol. The molecule has 4 rings (SSSR count). The topological polar surface area (TPSA) is 21.8 Å². The van der Waals surface area contributed by atoms with Crippen molar-refractivity contribution in [3.05, 3.63) is 108 Å². The van der Waals surface area contributed by atoms with E-state index >= 15 is 0 Å². The van der Waals surface area contributed by atoms with Gasteiger partial charge >= 0.3 is 0 Å². The second-order valence-corrected chi connectivity index (χ2v) is 8.63. The largest absolute Gasteiger partial charge is 0.367 e. The van der Waals surface area contributed by atoms with Crippen LogP contribution in [0, 0.1) is 5.92 Å². The summed E-state index contributed by atoms with van der Waals surface area (Å²) in [6.45, 7) is 5.15. The summed E-state index contributed by atoms with van der Waals surface area (Å²) < 4.78 is 12.8. The second kappa shape index (κ2) is 9.59. The van der Waals surface area contributed by atoms with Crippen molar-refractivity contribution < 1.29 is 9.47 Å². The lowest BCUT2D eigenvalue weighted by molar-refractivity contribution is 0.00427. The van der Waals surface area contributed by atoms with Gasteiger partial charge in [0.25, 0.3) is 0 Å². The molecule has 0 bridgehead atoms. The first-order valence-electron chi connectivity index (χ1n) is 11.2. The minimum atomic E-state index is -0.655. The molecule has 156 valence electrons. The highest BCUT2D eigenvalue weighted by molar-refractivity contribution is 5.47. The van der Waals surface area contributed by atoms with Crippen molar-refractivity contribution in [2.45, 2.75) is 50.9 Å². The van der Waals surface area contributed by atoms with Crippen LogP contribution >= 0.6 is 0 Å². The van der Waals surface area contributed by atoms with Crippen LogP contribution in [0.2, 0.25) is 0 Å². The Morgan fingerprint density at radius 2 is 1.20 bits per heavy atom. The van der Waals surface area contributed by atoms with Crippen molar-refractivity contribution in [2.75, 3.05) is 6.61 Å². The van der Waals surface area contributed by atoms with Crippen LogP contribution in [0.5, 0.6) is 0 Å². The molecule has 1 heterocycles. The quantitative estimate of drug-likeness (QED) is 0.283. The van der Waals surface area contributed by atoms with E-state index in [0.29, 0.717) is 12.7 Å². The zero-order valence-corrected chi connectivity index (χ0v) is 18.0. The Morgan fingerprint density at radius 1 is 0.733 bits per heavy atom. The average molecular weight is 401 g/mol. The normalized spacial score (nSPS) is 18.5. The van der Waals surface area contributed by atoms with Gasteiger partial charge < -0.3 is 9.47 Å². The summed E-state index contributed by atoms with van der Waals surface area (Å²) in [4.78, 5) is 0. The van der Waals surface area contributed by atoms with Crippen molar-refractivity contribution in [1.29, 1.82) is 0 Å². The summed E-state index contributed by atoms with van der Waals surface area (Å²) in [5.41, 5.74) is 2.76. The van der Waals surface area contributed by atoms with Gasteiger partial charge in [-0.2, -0.15) is 0 Å². The van der Waals surface area contributed by atoms with Crippen LogP contribution in [0.1, 0.15) is 49.8 Å². The van der Waals surface area contributed by atoms with E-state index in [0.717, 1.165) is 29.0 Å². The lowest BCUT2D eigenvalue weighted by Crippen LogP contribution is -2.34. The molecule has 0 saturated carbocycles. The first-order valence-corrected chi connectivity index (χ1v) is 11.2. The van der Waals surface area contributed by atoms with Crippen LogP contribution in [0.4, 0.5) is 0 Å². The zero-order valence-electron chi connectivity index (χ0n) is 18.0. The van der Waals surface area contributed by atoms with Crippen LogP contribution in [0.25, 0.3) is 0 Å². The molecule has 2 heteroatoms. The van der Waals surface area contributed by atoms with Crippen molar-refractivity contribution >= 4 is 0 Å². The molecule has 0 spiro atoms. The number of ether oxygens (including phenoxy) is 2. The molecule has 1 saturated heterocycles. The standard InChI is InChI=1S/C28H32O2/c1-22(2)13-12-20-26-27(30-26)21-29-28(23-14-6-3-7-15-23,24-16-8-4-9-17-24)25-18-10-5-11-19-25/h3-11,14-19,22,26-27H,12-13,20-21H2,1-2H3/t26-,27-/m1/s1. The van der Waals surface area contributed by atoms with E-state index in [2.05, 4.69) is 105 Å². The maximum absolute atomic E-state index is 6.84. The SMILES string of the molecule is CC(C)CCC[C@H]1O[C@@H]1COC(c1ccccc1)(c1ccccc1)c1ccccc1. The van der Waals surface area contributed by atoms with Crippen LogP contribution in [-0.4, -0.2) is 18.8 Å². The third kappa shape index (κ3) is 4.66. The molecule has 3 aromatic carbocycles. The number of rotatable bonds is 10. The van der Waals surface area contributed by atoms with Gasteiger partial charge in [0.15, 0.2) is 0 Å². The van der Waals surface area contributed by atoms with Crippen molar-refractivity contribution in [3.8, 4) is 0 Å². The van der Waals surface area contributed by atoms with Gasteiger partial charge in [-0.15, -0.1) is 0 Å². The molecule has 2 atom stereocenters. The third-order valence-electron chi connectivity index (χ3n) is 5.96. The molecular weight excluding hydrogens is 368 g/mol. The van der Waals surface area contributed by atoms with Crippen LogP contribution in [0.15, 0.2) is 91.0 Å². The number of hydrogen-bond acceptors (Lipinski definition) is 2. The smallest absolute Gasteiger partial charge is 0.143 e. The molecule has 3 aromatic rings. The van der Waals surface area contributed by atoms with Gasteiger partial charge in [-0.3, -0.25) is 0 Å². The van der Waals surface area contributed by atoms with E-state index in [-0.39, 0.29) is 6.10 Å². The fraction of sp³-hybridized carbons (Fsp3) is 0.357. The van der Waals surface area contributed by atoms with E-state index < -0.39 is 5.60 Å². The molecular formula is C28H32O2. The molecule has 0 amide bonds. The summed E-state index contributed by atoms with van der Waals surface area (Å²) in [5.74, 6) is 0.750. The van der Waals surface area contributed by atoms with Crippen LogP contribution in [0.3, 0.4) is 0 Å². The fourth-order valence-corrected chi connectivity index (χ4v) is 4.28. The molecule has 0 aliphatic carbocycles. The Hall–Kier alpha value is -2.42. The number of epoxide rings is 1.